The number of carbonyl (C=O) groups is 4. The summed E-state index contributed by atoms with van der Waals surface area (Å²) in [6.45, 7) is -0.552. The maximum absolute atomic E-state index is 12.8. The number of benzene rings is 2. The number of nitrogens with one attached hydrogen (secondary N) is 1. The second-order valence-electron chi connectivity index (χ2n) is 6.65. The van der Waals surface area contributed by atoms with Gasteiger partial charge < -0.3 is 14.8 Å². The van der Waals surface area contributed by atoms with E-state index in [1.807, 2.05) is 0 Å². The van der Waals surface area contributed by atoms with Crippen LogP contribution in [0.25, 0.3) is 0 Å². The van der Waals surface area contributed by atoms with Crippen LogP contribution in [0.15, 0.2) is 60.8 Å². The van der Waals surface area contributed by atoms with Crippen LogP contribution in [0.4, 0.5) is 5.69 Å². The predicted octanol–water partition coefficient (Wildman–Crippen LogP) is 2.66. The lowest BCUT2D eigenvalue weighted by atomic mass is 9.84. The molecule has 8 nitrogen and oxygen atoms in total. The molecule has 1 aliphatic carbocycles. The monoisotopic (exact) mass is 416 g/mol. The molecule has 0 unspecified atom stereocenters. The molecule has 1 aliphatic rings. The van der Waals surface area contributed by atoms with E-state index in [2.05, 4.69) is 10.3 Å². The van der Waals surface area contributed by atoms with Crippen molar-refractivity contribution in [2.75, 3.05) is 19.0 Å². The van der Waals surface area contributed by atoms with E-state index in [0.29, 0.717) is 16.8 Å². The Morgan fingerprint density at radius 3 is 2.29 bits per heavy atom. The van der Waals surface area contributed by atoms with E-state index in [-0.39, 0.29) is 34.1 Å². The van der Waals surface area contributed by atoms with Crippen LogP contribution in [0.5, 0.6) is 5.88 Å². The first kappa shape index (κ1) is 20.0. The summed E-state index contributed by atoms with van der Waals surface area (Å²) in [4.78, 5) is 53.7. The van der Waals surface area contributed by atoms with Crippen molar-refractivity contribution in [2.45, 2.75) is 0 Å². The summed E-state index contributed by atoms with van der Waals surface area (Å²) in [6.07, 6.45) is 1.46. The van der Waals surface area contributed by atoms with E-state index >= 15 is 0 Å². The average molecular weight is 416 g/mol. The Bertz CT molecular complexity index is 1230. The number of anilines is 1. The van der Waals surface area contributed by atoms with Crippen molar-refractivity contribution in [3.8, 4) is 5.88 Å². The molecule has 8 heteroatoms. The van der Waals surface area contributed by atoms with Gasteiger partial charge in [-0.25, -0.2) is 9.78 Å². The van der Waals surface area contributed by atoms with Crippen LogP contribution in [0.3, 0.4) is 0 Å². The SMILES string of the molecule is COc1ncccc1C(=O)OCC(=O)Nc1ccc2c(c1)C(=O)c1ccccc1C2=O. The molecule has 154 valence electrons. The molecule has 31 heavy (non-hydrogen) atoms. The number of esters is 1. The van der Waals surface area contributed by atoms with Gasteiger partial charge in [-0.15, -0.1) is 0 Å². The van der Waals surface area contributed by atoms with E-state index in [0.717, 1.165) is 0 Å². The minimum Gasteiger partial charge on any atom is -0.480 e. The third kappa shape index (κ3) is 3.78. The molecule has 0 bridgehead atoms. The Labute approximate surface area is 176 Å². The van der Waals surface area contributed by atoms with Crippen LogP contribution in [0.2, 0.25) is 0 Å². The lowest BCUT2D eigenvalue weighted by Gasteiger charge is -2.18. The molecule has 0 radical (unpaired) electrons. The van der Waals surface area contributed by atoms with Crippen molar-refractivity contribution < 1.29 is 28.7 Å². The van der Waals surface area contributed by atoms with Gasteiger partial charge in [-0.2, -0.15) is 0 Å². The Balaban J connectivity index is 1.46. The zero-order chi connectivity index (χ0) is 22.0. The number of amides is 1. The molecule has 0 saturated carbocycles. The normalized spacial score (nSPS) is 11.9. The lowest BCUT2D eigenvalue weighted by Crippen LogP contribution is -2.23. The Kier molecular flexibility index (Phi) is 5.28. The molecule has 0 fully saturated rings. The fraction of sp³-hybridized carbons (Fsp3) is 0.0870. The highest BCUT2D eigenvalue weighted by Gasteiger charge is 2.29. The Morgan fingerprint density at radius 1 is 0.903 bits per heavy atom. The fourth-order valence-electron chi connectivity index (χ4n) is 3.29. The highest BCUT2D eigenvalue weighted by molar-refractivity contribution is 6.28. The van der Waals surface area contributed by atoms with E-state index in [4.69, 9.17) is 9.47 Å². The summed E-state index contributed by atoms with van der Waals surface area (Å²) >= 11 is 0. The lowest BCUT2D eigenvalue weighted by molar-refractivity contribution is -0.119. The second-order valence-corrected chi connectivity index (χ2v) is 6.65. The highest BCUT2D eigenvalue weighted by Crippen LogP contribution is 2.29. The highest BCUT2D eigenvalue weighted by atomic mass is 16.5. The molecule has 1 amide bonds. The smallest absolute Gasteiger partial charge is 0.344 e. The first-order valence-electron chi connectivity index (χ1n) is 9.28. The quantitative estimate of drug-likeness (QED) is 0.498. The van der Waals surface area contributed by atoms with Gasteiger partial charge in [-0.05, 0) is 30.3 Å². The Morgan fingerprint density at radius 2 is 1.58 bits per heavy atom. The molecule has 0 spiro atoms. The van der Waals surface area contributed by atoms with Gasteiger partial charge in [0.05, 0.1) is 7.11 Å². The summed E-state index contributed by atoms with van der Waals surface area (Å²) in [7, 11) is 1.37. The number of methoxy groups -OCH3 is 1. The first-order valence-corrected chi connectivity index (χ1v) is 9.28. The van der Waals surface area contributed by atoms with Crippen molar-refractivity contribution in [2.24, 2.45) is 0 Å². The number of hydrogen-bond acceptors (Lipinski definition) is 7. The van der Waals surface area contributed by atoms with Crippen LogP contribution >= 0.6 is 0 Å². The molecule has 1 heterocycles. The number of fused-ring (bicyclic) bond motifs is 2. The zero-order valence-electron chi connectivity index (χ0n) is 16.4. The number of hydrogen-bond donors (Lipinski definition) is 1. The molecule has 2 aromatic carbocycles. The molecular formula is C23H16N2O6. The van der Waals surface area contributed by atoms with Gasteiger partial charge >= 0.3 is 5.97 Å². The average Bonchev–Trinajstić information content (AvgIpc) is 2.81. The molecule has 1 aromatic heterocycles. The van der Waals surface area contributed by atoms with Crippen LogP contribution in [0.1, 0.15) is 42.2 Å². The number of carbonyl (C=O) groups excluding carboxylic acids is 4. The summed E-state index contributed by atoms with van der Waals surface area (Å²) in [5, 5.41) is 2.56. The molecule has 0 saturated heterocycles. The molecule has 3 aromatic rings. The zero-order valence-corrected chi connectivity index (χ0v) is 16.4. The minimum atomic E-state index is -0.761. The Hall–Kier alpha value is -4.33. The molecular weight excluding hydrogens is 400 g/mol. The molecule has 0 atom stereocenters. The first-order chi connectivity index (χ1) is 15.0. The number of pyridine rings is 1. The van der Waals surface area contributed by atoms with Gasteiger partial charge in [-0.1, -0.05) is 24.3 Å². The third-order valence-electron chi connectivity index (χ3n) is 4.73. The summed E-state index contributed by atoms with van der Waals surface area (Å²) in [5.41, 5.74) is 1.56. The van der Waals surface area contributed by atoms with E-state index in [9.17, 15) is 19.2 Å². The van der Waals surface area contributed by atoms with Gasteiger partial charge in [0.2, 0.25) is 5.88 Å². The molecule has 4 rings (SSSR count). The van der Waals surface area contributed by atoms with Gasteiger partial charge in [-0.3, -0.25) is 14.4 Å². The van der Waals surface area contributed by atoms with E-state index < -0.39 is 18.5 Å². The van der Waals surface area contributed by atoms with Crippen LogP contribution in [-0.2, 0) is 9.53 Å². The number of ketones is 2. The van der Waals surface area contributed by atoms with Crippen LogP contribution in [-0.4, -0.2) is 42.1 Å². The van der Waals surface area contributed by atoms with E-state index in [1.54, 1.807) is 30.3 Å². The van der Waals surface area contributed by atoms with Crippen LogP contribution in [0, 0.1) is 0 Å². The van der Waals surface area contributed by atoms with Crippen molar-refractivity contribution in [3.63, 3.8) is 0 Å². The summed E-state index contributed by atoms with van der Waals surface area (Å²) < 4.78 is 10.0. The van der Waals surface area contributed by atoms with Crippen LogP contribution < -0.4 is 10.1 Å². The number of rotatable bonds is 5. The van der Waals surface area contributed by atoms with Gasteiger partial charge in [0.15, 0.2) is 18.2 Å². The van der Waals surface area contributed by atoms with Gasteiger partial charge in [0.1, 0.15) is 5.56 Å². The topological polar surface area (TPSA) is 112 Å². The van der Waals surface area contributed by atoms with Crippen molar-refractivity contribution >= 4 is 29.1 Å². The second kappa shape index (κ2) is 8.19. The maximum Gasteiger partial charge on any atom is 0.344 e. The summed E-state index contributed by atoms with van der Waals surface area (Å²) in [5.74, 6) is -1.82. The number of ether oxygens (including phenoxy) is 2. The molecule has 0 aliphatic heterocycles. The van der Waals surface area contributed by atoms with Gasteiger partial charge in [0, 0.05) is 34.1 Å². The van der Waals surface area contributed by atoms with Crippen molar-refractivity contribution in [1.82, 2.24) is 4.98 Å². The number of nitrogens with zero attached hydrogens (tertiary/aromatic N) is 1. The predicted molar refractivity (Wildman–Crippen MR) is 109 cm³/mol. The number of aromatic nitrogens is 1. The fourth-order valence-corrected chi connectivity index (χ4v) is 3.29. The standard InChI is InChI=1S/C23H16N2O6/c1-30-22-17(7-4-10-24-22)23(29)31-12-19(26)25-13-8-9-16-18(11-13)21(28)15-6-3-2-5-14(15)20(16)27/h2-11H,12H2,1H3,(H,25,26). The van der Waals surface area contributed by atoms with E-state index in [1.165, 1.54) is 37.6 Å². The van der Waals surface area contributed by atoms with Crippen molar-refractivity contribution in [1.29, 1.82) is 0 Å². The minimum absolute atomic E-state index is 0.0889. The largest absolute Gasteiger partial charge is 0.480 e. The van der Waals surface area contributed by atoms with Gasteiger partial charge in [0.25, 0.3) is 5.91 Å². The maximum atomic E-state index is 12.8. The summed E-state index contributed by atoms with van der Waals surface area (Å²) in [6, 6.07) is 14.1. The molecule has 1 N–H and O–H groups in total. The third-order valence-corrected chi connectivity index (χ3v) is 4.73. The van der Waals surface area contributed by atoms with Crippen molar-refractivity contribution in [3.05, 3.63) is 88.6 Å².